The Morgan fingerprint density at radius 1 is 1.24 bits per heavy atom. The number of aromatic nitrogens is 2. The number of aryl methyl sites for hydroxylation is 2. The second-order valence-electron chi connectivity index (χ2n) is 4.72. The Morgan fingerprint density at radius 2 is 1.95 bits per heavy atom. The summed E-state index contributed by atoms with van der Waals surface area (Å²) in [7, 11) is 1.76. The minimum absolute atomic E-state index is 0.0968. The first-order valence-corrected chi connectivity index (χ1v) is 6.42. The first-order chi connectivity index (χ1) is 9.79. The standard InChI is InChI=1S/C14H15F4N3/c1-3-12-13(8-21(2)20-12)19-7-9-4-10(14(16,17)18)6-11(15)5-9/h4-6,8,19H,3,7H2,1-2H3. The van der Waals surface area contributed by atoms with E-state index < -0.39 is 17.6 Å². The molecule has 1 heterocycles. The van der Waals surface area contributed by atoms with Crippen molar-refractivity contribution < 1.29 is 17.6 Å². The molecule has 2 aromatic rings. The quantitative estimate of drug-likeness (QED) is 0.872. The fourth-order valence-corrected chi connectivity index (χ4v) is 2.06. The number of rotatable bonds is 4. The Hall–Kier alpha value is -2.05. The van der Waals surface area contributed by atoms with Crippen molar-refractivity contribution in [2.75, 3.05) is 5.32 Å². The van der Waals surface area contributed by atoms with Gasteiger partial charge in [-0.3, -0.25) is 4.68 Å². The third kappa shape index (κ3) is 3.74. The normalized spacial score (nSPS) is 11.7. The molecule has 1 aromatic carbocycles. The molecule has 3 nitrogen and oxygen atoms in total. The van der Waals surface area contributed by atoms with Gasteiger partial charge in [0.05, 0.1) is 16.9 Å². The molecular weight excluding hydrogens is 286 g/mol. The van der Waals surface area contributed by atoms with Gasteiger partial charge in [0.25, 0.3) is 0 Å². The van der Waals surface area contributed by atoms with E-state index in [0.29, 0.717) is 12.5 Å². The van der Waals surface area contributed by atoms with Crippen LogP contribution in [-0.2, 0) is 26.2 Å². The molecule has 0 aliphatic heterocycles. The van der Waals surface area contributed by atoms with Gasteiger partial charge in [0.1, 0.15) is 5.82 Å². The Bertz CT molecular complexity index is 632. The Labute approximate surface area is 119 Å². The van der Waals surface area contributed by atoms with Gasteiger partial charge in [-0.1, -0.05) is 6.92 Å². The molecule has 0 amide bonds. The molecule has 0 atom stereocenters. The summed E-state index contributed by atoms with van der Waals surface area (Å²) in [6, 6.07) is 2.52. The summed E-state index contributed by atoms with van der Waals surface area (Å²) in [5.41, 5.74) is 0.789. The fourth-order valence-electron chi connectivity index (χ4n) is 2.06. The SMILES string of the molecule is CCc1nn(C)cc1NCc1cc(F)cc(C(F)(F)F)c1. The summed E-state index contributed by atoms with van der Waals surface area (Å²) in [6.45, 7) is 2.02. The highest BCUT2D eigenvalue weighted by Gasteiger charge is 2.31. The van der Waals surface area contributed by atoms with Gasteiger partial charge in [0.15, 0.2) is 0 Å². The average molecular weight is 301 g/mol. The van der Waals surface area contributed by atoms with Crippen molar-refractivity contribution in [2.24, 2.45) is 7.05 Å². The monoisotopic (exact) mass is 301 g/mol. The number of nitrogens with zero attached hydrogens (tertiary/aromatic N) is 2. The number of hydrogen-bond acceptors (Lipinski definition) is 2. The molecule has 0 bridgehead atoms. The zero-order valence-electron chi connectivity index (χ0n) is 11.6. The van der Waals surface area contributed by atoms with Crippen molar-refractivity contribution in [2.45, 2.75) is 26.1 Å². The molecule has 1 N–H and O–H groups in total. The molecule has 0 aliphatic carbocycles. The Kier molecular flexibility index (Phi) is 4.20. The molecule has 0 fully saturated rings. The molecule has 0 saturated carbocycles. The number of alkyl halides is 3. The number of anilines is 1. The molecule has 21 heavy (non-hydrogen) atoms. The Morgan fingerprint density at radius 3 is 2.57 bits per heavy atom. The van der Waals surface area contributed by atoms with Crippen LogP contribution in [0.4, 0.5) is 23.2 Å². The predicted octanol–water partition coefficient (Wildman–Crippen LogP) is 3.75. The lowest BCUT2D eigenvalue weighted by Gasteiger charge is -2.10. The van der Waals surface area contributed by atoms with Crippen LogP contribution in [0.25, 0.3) is 0 Å². The van der Waals surface area contributed by atoms with E-state index in [-0.39, 0.29) is 12.1 Å². The molecule has 114 valence electrons. The zero-order valence-corrected chi connectivity index (χ0v) is 11.6. The van der Waals surface area contributed by atoms with Crippen molar-refractivity contribution >= 4 is 5.69 Å². The van der Waals surface area contributed by atoms with E-state index in [9.17, 15) is 17.6 Å². The van der Waals surface area contributed by atoms with Crippen LogP contribution in [-0.4, -0.2) is 9.78 Å². The smallest absolute Gasteiger partial charge is 0.378 e. The topological polar surface area (TPSA) is 29.9 Å². The summed E-state index contributed by atoms with van der Waals surface area (Å²) in [4.78, 5) is 0. The van der Waals surface area contributed by atoms with Gasteiger partial charge < -0.3 is 5.32 Å². The van der Waals surface area contributed by atoms with Gasteiger partial charge in [-0.2, -0.15) is 18.3 Å². The second kappa shape index (κ2) is 5.75. The van der Waals surface area contributed by atoms with Gasteiger partial charge in [0.2, 0.25) is 0 Å². The van der Waals surface area contributed by atoms with Crippen molar-refractivity contribution in [3.63, 3.8) is 0 Å². The fraction of sp³-hybridized carbons (Fsp3) is 0.357. The highest BCUT2D eigenvalue weighted by molar-refractivity contribution is 5.47. The van der Waals surface area contributed by atoms with Gasteiger partial charge in [-0.25, -0.2) is 4.39 Å². The molecule has 0 aliphatic rings. The van der Waals surface area contributed by atoms with Crippen LogP contribution < -0.4 is 5.32 Å². The minimum atomic E-state index is -4.56. The van der Waals surface area contributed by atoms with Gasteiger partial charge in [-0.05, 0) is 30.2 Å². The number of nitrogens with one attached hydrogen (secondary N) is 1. The third-order valence-corrected chi connectivity index (χ3v) is 3.01. The molecular formula is C14H15F4N3. The lowest BCUT2D eigenvalue weighted by atomic mass is 10.1. The van der Waals surface area contributed by atoms with Crippen molar-refractivity contribution in [1.29, 1.82) is 0 Å². The Balaban J connectivity index is 2.18. The molecule has 7 heteroatoms. The molecule has 0 unspecified atom stereocenters. The van der Waals surface area contributed by atoms with Crippen LogP contribution in [0.1, 0.15) is 23.7 Å². The largest absolute Gasteiger partial charge is 0.416 e. The number of benzene rings is 1. The maximum absolute atomic E-state index is 13.3. The van der Waals surface area contributed by atoms with Crippen LogP contribution in [0.5, 0.6) is 0 Å². The first-order valence-electron chi connectivity index (χ1n) is 6.42. The number of hydrogen-bond donors (Lipinski definition) is 1. The third-order valence-electron chi connectivity index (χ3n) is 3.01. The van der Waals surface area contributed by atoms with Gasteiger partial charge in [0, 0.05) is 19.8 Å². The summed E-state index contributed by atoms with van der Waals surface area (Å²) in [5.74, 6) is -0.900. The van der Waals surface area contributed by atoms with Crippen molar-refractivity contribution in [3.8, 4) is 0 Å². The lowest BCUT2D eigenvalue weighted by molar-refractivity contribution is -0.137. The van der Waals surface area contributed by atoms with Crippen LogP contribution in [0.2, 0.25) is 0 Å². The van der Waals surface area contributed by atoms with Crippen molar-refractivity contribution in [3.05, 3.63) is 47.0 Å². The average Bonchev–Trinajstić information content (AvgIpc) is 2.75. The van der Waals surface area contributed by atoms with E-state index in [4.69, 9.17) is 0 Å². The molecule has 0 radical (unpaired) electrons. The van der Waals surface area contributed by atoms with Crippen LogP contribution in [0, 0.1) is 5.82 Å². The van der Waals surface area contributed by atoms with E-state index in [1.54, 1.807) is 17.9 Å². The van der Waals surface area contributed by atoms with E-state index >= 15 is 0 Å². The predicted molar refractivity (Wildman–Crippen MR) is 71.3 cm³/mol. The minimum Gasteiger partial charge on any atom is -0.378 e. The zero-order chi connectivity index (χ0) is 15.6. The van der Waals surface area contributed by atoms with Crippen LogP contribution in [0.3, 0.4) is 0 Å². The van der Waals surface area contributed by atoms with Gasteiger partial charge >= 0.3 is 6.18 Å². The summed E-state index contributed by atoms with van der Waals surface area (Å²) < 4.78 is 52.8. The lowest BCUT2D eigenvalue weighted by Crippen LogP contribution is -2.08. The van der Waals surface area contributed by atoms with Crippen molar-refractivity contribution in [1.82, 2.24) is 9.78 Å². The van der Waals surface area contributed by atoms with Crippen LogP contribution in [0.15, 0.2) is 24.4 Å². The number of halogens is 4. The summed E-state index contributed by atoms with van der Waals surface area (Å²) in [5, 5.41) is 7.21. The molecule has 0 saturated heterocycles. The van der Waals surface area contributed by atoms with E-state index in [1.165, 1.54) is 0 Å². The van der Waals surface area contributed by atoms with E-state index in [2.05, 4.69) is 10.4 Å². The van der Waals surface area contributed by atoms with Crippen LogP contribution >= 0.6 is 0 Å². The first kappa shape index (κ1) is 15.3. The summed E-state index contributed by atoms with van der Waals surface area (Å²) in [6.07, 6.45) is -2.12. The molecule has 1 aromatic heterocycles. The van der Waals surface area contributed by atoms with E-state index in [1.807, 2.05) is 6.92 Å². The maximum Gasteiger partial charge on any atom is 0.416 e. The molecule has 2 rings (SSSR count). The second-order valence-corrected chi connectivity index (χ2v) is 4.72. The van der Waals surface area contributed by atoms with Gasteiger partial charge in [-0.15, -0.1) is 0 Å². The highest BCUT2D eigenvalue weighted by Crippen LogP contribution is 2.30. The van der Waals surface area contributed by atoms with E-state index in [0.717, 1.165) is 23.5 Å². The molecule has 0 spiro atoms. The maximum atomic E-state index is 13.3. The summed E-state index contributed by atoms with van der Waals surface area (Å²) >= 11 is 0. The highest BCUT2D eigenvalue weighted by atomic mass is 19.4.